The lowest BCUT2D eigenvalue weighted by Crippen LogP contribution is -2.29. The first-order chi connectivity index (χ1) is 16.0. The number of nitrogens with zero attached hydrogens (tertiary/aromatic N) is 4. The van der Waals surface area contributed by atoms with Gasteiger partial charge >= 0.3 is 0 Å². The minimum atomic E-state index is -0.851. The molecule has 1 aromatic carbocycles. The van der Waals surface area contributed by atoms with Gasteiger partial charge in [0, 0.05) is 17.6 Å². The van der Waals surface area contributed by atoms with E-state index < -0.39 is 12.2 Å². The van der Waals surface area contributed by atoms with Crippen molar-refractivity contribution in [3.05, 3.63) is 54.0 Å². The predicted molar refractivity (Wildman–Crippen MR) is 128 cm³/mol. The van der Waals surface area contributed by atoms with Crippen LogP contribution in [0.1, 0.15) is 36.9 Å². The summed E-state index contributed by atoms with van der Waals surface area (Å²) in [6.45, 7) is 2.17. The highest BCUT2D eigenvalue weighted by atomic mass is 16.3. The van der Waals surface area contributed by atoms with Gasteiger partial charge in [-0.05, 0) is 67.9 Å². The van der Waals surface area contributed by atoms with Crippen LogP contribution in [0.4, 0.5) is 11.6 Å². The second kappa shape index (κ2) is 7.67. The molecule has 0 spiro atoms. The van der Waals surface area contributed by atoms with Crippen molar-refractivity contribution in [1.82, 2.24) is 19.5 Å². The zero-order valence-electron chi connectivity index (χ0n) is 18.5. The Morgan fingerprint density at radius 1 is 1.15 bits per heavy atom. The van der Waals surface area contributed by atoms with Crippen molar-refractivity contribution in [2.24, 2.45) is 5.92 Å². The zero-order chi connectivity index (χ0) is 22.7. The average molecular weight is 445 g/mol. The van der Waals surface area contributed by atoms with E-state index in [1.807, 2.05) is 16.8 Å². The van der Waals surface area contributed by atoms with E-state index >= 15 is 0 Å². The SMILES string of the molecule is C[C@@H]1Cc2cc3ccc(CC[C@H]4C[C@@H](n5ccc6c(N)ncnc65)[C@H](O)[C@@H]4O)cc3nc2N1. The van der Waals surface area contributed by atoms with E-state index in [2.05, 4.69) is 46.5 Å². The Morgan fingerprint density at radius 2 is 2.03 bits per heavy atom. The molecule has 5 atom stereocenters. The molecule has 0 saturated heterocycles. The maximum Gasteiger partial charge on any atom is 0.145 e. The van der Waals surface area contributed by atoms with Crippen LogP contribution in [-0.4, -0.2) is 48.0 Å². The Hall–Kier alpha value is -3.23. The Balaban J connectivity index is 1.19. The van der Waals surface area contributed by atoms with Crippen LogP contribution < -0.4 is 11.1 Å². The van der Waals surface area contributed by atoms with Crippen LogP contribution in [-0.2, 0) is 12.8 Å². The summed E-state index contributed by atoms with van der Waals surface area (Å²) in [6.07, 6.45) is 4.98. The lowest BCUT2D eigenvalue weighted by Gasteiger charge is -2.19. The van der Waals surface area contributed by atoms with Gasteiger partial charge in [-0.3, -0.25) is 0 Å². The van der Waals surface area contributed by atoms with Crippen LogP contribution in [0.5, 0.6) is 0 Å². The minimum absolute atomic E-state index is 0.00664. The van der Waals surface area contributed by atoms with Gasteiger partial charge in [-0.15, -0.1) is 0 Å². The van der Waals surface area contributed by atoms with Crippen molar-refractivity contribution >= 4 is 33.6 Å². The van der Waals surface area contributed by atoms with E-state index in [4.69, 9.17) is 10.7 Å². The number of aromatic nitrogens is 4. The molecule has 6 rings (SSSR count). The molecule has 3 aromatic heterocycles. The molecule has 2 aliphatic rings. The first-order valence-electron chi connectivity index (χ1n) is 11.6. The summed E-state index contributed by atoms with van der Waals surface area (Å²) in [4.78, 5) is 13.2. The van der Waals surface area contributed by atoms with Gasteiger partial charge in [0.05, 0.1) is 23.0 Å². The molecule has 0 unspecified atom stereocenters. The molecule has 0 amide bonds. The number of aryl methyl sites for hydroxylation is 1. The number of hydrogen-bond donors (Lipinski definition) is 4. The number of benzene rings is 1. The Labute approximate surface area is 191 Å². The van der Waals surface area contributed by atoms with Crippen LogP contribution in [0.3, 0.4) is 0 Å². The van der Waals surface area contributed by atoms with E-state index in [0.29, 0.717) is 23.9 Å². The van der Waals surface area contributed by atoms with Gasteiger partial charge in [-0.1, -0.05) is 12.1 Å². The molecule has 170 valence electrons. The molecule has 33 heavy (non-hydrogen) atoms. The predicted octanol–water partition coefficient (Wildman–Crippen LogP) is 2.83. The lowest BCUT2D eigenvalue weighted by molar-refractivity contribution is 0.00545. The summed E-state index contributed by atoms with van der Waals surface area (Å²) in [6, 6.07) is 10.7. The van der Waals surface area contributed by atoms with E-state index in [1.165, 1.54) is 17.5 Å². The second-order valence-corrected chi connectivity index (χ2v) is 9.57. The molecule has 0 bridgehead atoms. The smallest absolute Gasteiger partial charge is 0.145 e. The normalized spacial score (nSPS) is 26.7. The van der Waals surface area contributed by atoms with Gasteiger partial charge < -0.3 is 25.8 Å². The number of aliphatic hydroxyl groups excluding tert-OH is 2. The number of pyridine rings is 1. The molecule has 5 N–H and O–H groups in total. The molecular weight excluding hydrogens is 416 g/mol. The second-order valence-electron chi connectivity index (χ2n) is 9.57. The third kappa shape index (κ3) is 3.41. The highest BCUT2D eigenvalue weighted by Gasteiger charge is 2.42. The molecule has 1 aliphatic heterocycles. The fourth-order valence-electron chi connectivity index (χ4n) is 5.58. The van der Waals surface area contributed by atoms with Gasteiger partial charge in [0.2, 0.25) is 0 Å². The standard InChI is InChI=1S/C25H28N6O2/c1-13-8-17-10-15-4-2-14(9-19(15)30-24(17)29-13)3-5-16-11-20(22(33)21(16)32)31-7-6-18-23(26)27-12-28-25(18)31/h2,4,6-7,9-10,12-13,16,20-22,32-33H,3,5,8,11H2,1H3,(H,29,30)(H2,26,27,28)/t13-,16+,20-,21-,22+/m1/s1. The van der Waals surface area contributed by atoms with Crippen molar-refractivity contribution in [2.75, 3.05) is 11.1 Å². The summed E-state index contributed by atoms with van der Waals surface area (Å²) in [5.74, 6) is 1.41. The molecule has 4 heterocycles. The molecule has 8 heteroatoms. The summed E-state index contributed by atoms with van der Waals surface area (Å²) in [5, 5.41) is 27.0. The maximum absolute atomic E-state index is 10.8. The molecule has 8 nitrogen and oxygen atoms in total. The van der Waals surface area contributed by atoms with Gasteiger partial charge in [-0.25, -0.2) is 15.0 Å². The topological polar surface area (TPSA) is 122 Å². The van der Waals surface area contributed by atoms with Gasteiger partial charge in [0.25, 0.3) is 0 Å². The average Bonchev–Trinajstić information content (AvgIpc) is 3.46. The largest absolute Gasteiger partial charge is 0.390 e. The van der Waals surface area contributed by atoms with Gasteiger partial charge in [0.15, 0.2) is 0 Å². The number of nitrogens with one attached hydrogen (secondary N) is 1. The summed E-state index contributed by atoms with van der Waals surface area (Å²) >= 11 is 0. The summed E-state index contributed by atoms with van der Waals surface area (Å²) in [7, 11) is 0. The van der Waals surface area contributed by atoms with E-state index in [9.17, 15) is 10.2 Å². The number of aliphatic hydroxyl groups is 2. The number of nitrogens with two attached hydrogens (primary N) is 1. The number of rotatable bonds is 4. The van der Waals surface area contributed by atoms with Crippen LogP contribution in [0.2, 0.25) is 0 Å². The Kier molecular flexibility index (Phi) is 4.74. The number of nitrogen functional groups attached to an aromatic ring is 1. The monoisotopic (exact) mass is 444 g/mol. The summed E-state index contributed by atoms with van der Waals surface area (Å²) < 4.78 is 1.93. The van der Waals surface area contributed by atoms with Crippen LogP contribution >= 0.6 is 0 Å². The van der Waals surface area contributed by atoms with Crippen molar-refractivity contribution < 1.29 is 10.2 Å². The van der Waals surface area contributed by atoms with Crippen molar-refractivity contribution in [3.63, 3.8) is 0 Å². The summed E-state index contributed by atoms with van der Waals surface area (Å²) in [5.41, 5.74) is 10.1. The highest BCUT2D eigenvalue weighted by molar-refractivity contribution is 5.86. The van der Waals surface area contributed by atoms with Crippen LogP contribution in [0.15, 0.2) is 42.9 Å². The van der Waals surface area contributed by atoms with E-state index in [1.54, 1.807) is 0 Å². The van der Waals surface area contributed by atoms with Crippen molar-refractivity contribution in [1.29, 1.82) is 0 Å². The first kappa shape index (κ1) is 20.4. The Bertz CT molecular complexity index is 1350. The van der Waals surface area contributed by atoms with E-state index in [-0.39, 0.29) is 12.0 Å². The van der Waals surface area contributed by atoms with Crippen molar-refractivity contribution in [3.8, 4) is 0 Å². The van der Waals surface area contributed by atoms with Gasteiger partial charge in [-0.2, -0.15) is 0 Å². The maximum atomic E-state index is 10.8. The molecular formula is C25H28N6O2. The van der Waals surface area contributed by atoms with Crippen LogP contribution in [0.25, 0.3) is 21.9 Å². The molecule has 1 fully saturated rings. The fraction of sp³-hybridized carbons (Fsp3) is 0.400. The number of fused-ring (bicyclic) bond motifs is 3. The molecule has 1 aliphatic carbocycles. The third-order valence-corrected chi connectivity index (χ3v) is 7.34. The molecule has 1 saturated carbocycles. The zero-order valence-corrected chi connectivity index (χ0v) is 18.5. The minimum Gasteiger partial charge on any atom is -0.390 e. The van der Waals surface area contributed by atoms with E-state index in [0.717, 1.165) is 41.4 Å². The first-order valence-corrected chi connectivity index (χ1v) is 11.6. The number of hydrogen-bond acceptors (Lipinski definition) is 7. The highest BCUT2D eigenvalue weighted by Crippen LogP contribution is 2.40. The quantitative estimate of drug-likeness (QED) is 0.382. The molecule has 4 aromatic rings. The van der Waals surface area contributed by atoms with Crippen LogP contribution in [0, 0.1) is 5.92 Å². The molecule has 0 radical (unpaired) electrons. The fourth-order valence-corrected chi connectivity index (χ4v) is 5.58. The Morgan fingerprint density at radius 3 is 2.91 bits per heavy atom. The third-order valence-electron chi connectivity index (χ3n) is 7.34. The number of anilines is 2. The lowest BCUT2D eigenvalue weighted by atomic mass is 9.95. The van der Waals surface area contributed by atoms with Crippen molar-refractivity contribution in [2.45, 2.75) is 56.9 Å². The van der Waals surface area contributed by atoms with Gasteiger partial charge in [0.1, 0.15) is 29.7 Å².